The number of methoxy groups -OCH3 is 1. The Hall–Kier alpha value is -2.05. The molecule has 1 heterocycles. The Morgan fingerprint density at radius 3 is 2.96 bits per heavy atom. The number of amides is 2. The SMILES string of the molecule is COCCCn1ccc(NC(=O)NC2(c3cccc(Cl)c3)CC2)n1. The van der Waals surface area contributed by atoms with Crippen LogP contribution in [0.1, 0.15) is 24.8 Å². The van der Waals surface area contributed by atoms with E-state index in [1.807, 2.05) is 30.5 Å². The standard InChI is InChI=1S/C17H21ClN4O2/c1-24-11-3-9-22-10-6-15(21-22)19-16(23)20-17(7-8-17)13-4-2-5-14(18)12-13/h2,4-6,10,12H,3,7-9,11H2,1H3,(H2,19,20,21,23). The van der Waals surface area contributed by atoms with E-state index in [2.05, 4.69) is 15.7 Å². The van der Waals surface area contributed by atoms with Crippen molar-refractivity contribution in [1.29, 1.82) is 0 Å². The number of halogens is 1. The van der Waals surface area contributed by atoms with Gasteiger partial charge in [0.1, 0.15) is 0 Å². The number of hydrogen-bond donors (Lipinski definition) is 2. The van der Waals surface area contributed by atoms with Gasteiger partial charge in [0.15, 0.2) is 5.82 Å². The van der Waals surface area contributed by atoms with Crippen molar-refractivity contribution in [2.24, 2.45) is 0 Å². The molecule has 2 amide bonds. The van der Waals surface area contributed by atoms with E-state index in [9.17, 15) is 4.79 Å². The summed E-state index contributed by atoms with van der Waals surface area (Å²) in [7, 11) is 1.67. The number of anilines is 1. The number of aromatic nitrogens is 2. The molecular formula is C17H21ClN4O2. The third-order valence-corrected chi connectivity index (χ3v) is 4.33. The molecule has 1 aliphatic rings. The molecule has 0 saturated heterocycles. The van der Waals surface area contributed by atoms with Crippen molar-refractivity contribution in [3.63, 3.8) is 0 Å². The number of carbonyl (C=O) groups excluding carboxylic acids is 1. The van der Waals surface area contributed by atoms with Crippen molar-refractivity contribution in [2.45, 2.75) is 31.3 Å². The van der Waals surface area contributed by atoms with E-state index in [1.54, 1.807) is 17.9 Å². The van der Waals surface area contributed by atoms with Crippen LogP contribution < -0.4 is 10.6 Å². The first-order valence-electron chi connectivity index (χ1n) is 7.99. The van der Waals surface area contributed by atoms with E-state index in [0.29, 0.717) is 17.4 Å². The molecule has 1 aromatic heterocycles. The number of hydrogen-bond acceptors (Lipinski definition) is 3. The molecule has 6 nitrogen and oxygen atoms in total. The molecule has 2 N–H and O–H groups in total. The molecule has 128 valence electrons. The largest absolute Gasteiger partial charge is 0.385 e. The monoisotopic (exact) mass is 348 g/mol. The predicted molar refractivity (Wildman–Crippen MR) is 93.2 cm³/mol. The van der Waals surface area contributed by atoms with Gasteiger partial charge in [0, 0.05) is 37.5 Å². The quantitative estimate of drug-likeness (QED) is 0.754. The smallest absolute Gasteiger partial charge is 0.321 e. The maximum Gasteiger partial charge on any atom is 0.321 e. The maximum absolute atomic E-state index is 12.3. The third-order valence-electron chi connectivity index (χ3n) is 4.10. The van der Waals surface area contributed by atoms with Gasteiger partial charge in [-0.3, -0.25) is 10.00 Å². The molecular weight excluding hydrogens is 328 g/mol. The van der Waals surface area contributed by atoms with Crippen molar-refractivity contribution < 1.29 is 9.53 Å². The lowest BCUT2D eigenvalue weighted by Gasteiger charge is -2.18. The Balaban J connectivity index is 1.56. The van der Waals surface area contributed by atoms with Gasteiger partial charge in [-0.05, 0) is 37.0 Å². The highest BCUT2D eigenvalue weighted by Gasteiger charge is 2.45. The Morgan fingerprint density at radius 1 is 1.42 bits per heavy atom. The summed E-state index contributed by atoms with van der Waals surface area (Å²) in [5.74, 6) is 0.534. The van der Waals surface area contributed by atoms with Crippen LogP contribution in [0, 0.1) is 0 Å². The zero-order chi connectivity index (χ0) is 17.0. The number of aryl methyl sites for hydroxylation is 1. The maximum atomic E-state index is 12.3. The van der Waals surface area contributed by atoms with E-state index < -0.39 is 0 Å². The number of nitrogens with one attached hydrogen (secondary N) is 2. The average Bonchev–Trinajstić information content (AvgIpc) is 3.20. The minimum Gasteiger partial charge on any atom is -0.385 e. The number of nitrogens with zero attached hydrogens (tertiary/aromatic N) is 2. The fourth-order valence-corrected chi connectivity index (χ4v) is 2.88. The molecule has 1 aliphatic carbocycles. The molecule has 1 aromatic carbocycles. The van der Waals surface area contributed by atoms with Crippen LogP contribution in [0.4, 0.5) is 10.6 Å². The highest BCUT2D eigenvalue weighted by molar-refractivity contribution is 6.30. The van der Waals surface area contributed by atoms with Crippen molar-refractivity contribution in [3.8, 4) is 0 Å². The van der Waals surface area contributed by atoms with Gasteiger partial charge in [-0.2, -0.15) is 5.10 Å². The summed E-state index contributed by atoms with van der Waals surface area (Å²) in [5.41, 5.74) is 0.728. The van der Waals surface area contributed by atoms with Gasteiger partial charge in [-0.1, -0.05) is 23.7 Å². The van der Waals surface area contributed by atoms with Gasteiger partial charge < -0.3 is 10.1 Å². The first-order chi connectivity index (χ1) is 11.6. The summed E-state index contributed by atoms with van der Waals surface area (Å²) in [5, 5.41) is 10.8. The van der Waals surface area contributed by atoms with E-state index in [4.69, 9.17) is 16.3 Å². The van der Waals surface area contributed by atoms with Gasteiger partial charge in [-0.15, -0.1) is 0 Å². The van der Waals surface area contributed by atoms with E-state index >= 15 is 0 Å². The van der Waals surface area contributed by atoms with Crippen LogP contribution in [-0.2, 0) is 16.8 Å². The minimum absolute atomic E-state index is 0.255. The second-order valence-corrected chi connectivity index (χ2v) is 6.42. The first kappa shape index (κ1) is 16.8. The first-order valence-corrected chi connectivity index (χ1v) is 8.37. The number of urea groups is 1. The molecule has 0 unspecified atom stereocenters. The van der Waals surface area contributed by atoms with Crippen molar-refractivity contribution in [1.82, 2.24) is 15.1 Å². The Labute approximate surface area is 146 Å². The lowest BCUT2D eigenvalue weighted by atomic mass is 10.1. The minimum atomic E-state index is -0.310. The van der Waals surface area contributed by atoms with Crippen LogP contribution in [0.25, 0.3) is 0 Å². The molecule has 0 aliphatic heterocycles. The van der Waals surface area contributed by atoms with Crippen molar-refractivity contribution in [3.05, 3.63) is 47.1 Å². The zero-order valence-electron chi connectivity index (χ0n) is 13.6. The topological polar surface area (TPSA) is 68.2 Å². The van der Waals surface area contributed by atoms with E-state index in [-0.39, 0.29) is 11.6 Å². The molecule has 1 fully saturated rings. The Morgan fingerprint density at radius 2 is 2.25 bits per heavy atom. The predicted octanol–water partition coefficient (Wildman–Crippen LogP) is 3.38. The summed E-state index contributed by atoms with van der Waals surface area (Å²) in [6, 6.07) is 9.15. The molecule has 7 heteroatoms. The van der Waals surface area contributed by atoms with Gasteiger partial charge in [0.05, 0.1) is 5.54 Å². The lowest BCUT2D eigenvalue weighted by molar-refractivity contribution is 0.189. The second kappa shape index (κ2) is 7.23. The Kier molecular flexibility index (Phi) is 5.06. The molecule has 0 spiro atoms. The van der Waals surface area contributed by atoms with Crippen molar-refractivity contribution in [2.75, 3.05) is 19.0 Å². The molecule has 0 atom stereocenters. The lowest BCUT2D eigenvalue weighted by Crippen LogP contribution is -2.38. The Bertz CT molecular complexity index is 712. The van der Waals surface area contributed by atoms with Crippen LogP contribution in [0.3, 0.4) is 0 Å². The average molecular weight is 349 g/mol. The highest BCUT2D eigenvalue weighted by atomic mass is 35.5. The zero-order valence-corrected chi connectivity index (χ0v) is 14.3. The number of rotatable bonds is 7. The van der Waals surface area contributed by atoms with Crippen LogP contribution in [0.15, 0.2) is 36.5 Å². The summed E-state index contributed by atoms with van der Waals surface area (Å²) < 4.78 is 6.81. The van der Waals surface area contributed by atoms with Crippen molar-refractivity contribution >= 4 is 23.4 Å². The summed E-state index contributed by atoms with van der Waals surface area (Å²) in [6.07, 6.45) is 4.54. The number of benzene rings is 1. The van der Waals surface area contributed by atoms with Crippen LogP contribution in [-0.4, -0.2) is 29.5 Å². The molecule has 1 saturated carbocycles. The molecule has 0 radical (unpaired) electrons. The second-order valence-electron chi connectivity index (χ2n) is 5.98. The van der Waals surface area contributed by atoms with Crippen LogP contribution in [0.2, 0.25) is 5.02 Å². The number of carbonyl (C=O) groups is 1. The van der Waals surface area contributed by atoms with Gasteiger partial charge in [-0.25, -0.2) is 4.79 Å². The van der Waals surface area contributed by atoms with E-state index in [0.717, 1.165) is 31.4 Å². The van der Waals surface area contributed by atoms with Gasteiger partial charge in [0.2, 0.25) is 0 Å². The molecule has 0 bridgehead atoms. The summed E-state index contributed by atoms with van der Waals surface area (Å²) in [6.45, 7) is 1.44. The van der Waals surface area contributed by atoms with Gasteiger partial charge in [0.25, 0.3) is 0 Å². The fourth-order valence-electron chi connectivity index (χ4n) is 2.69. The third kappa shape index (κ3) is 4.07. The van der Waals surface area contributed by atoms with E-state index in [1.165, 1.54) is 0 Å². The number of ether oxygens (including phenoxy) is 1. The molecule has 2 aromatic rings. The van der Waals surface area contributed by atoms with Gasteiger partial charge >= 0.3 is 6.03 Å². The molecule has 24 heavy (non-hydrogen) atoms. The summed E-state index contributed by atoms with van der Waals surface area (Å²) in [4.78, 5) is 12.3. The molecule has 3 rings (SSSR count). The van der Waals surface area contributed by atoms with Crippen LogP contribution in [0.5, 0.6) is 0 Å². The summed E-state index contributed by atoms with van der Waals surface area (Å²) >= 11 is 6.05. The highest BCUT2D eigenvalue weighted by Crippen LogP contribution is 2.46. The van der Waals surface area contributed by atoms with Crippen LogP contribution >= 0.6 is 11.6 Å². The fraction of sp³-hybridized carbons (Fsp3) is 0.412. The normalized spacial score (nSPS) is 15.1.